The van der Waals surface area contributed by atoms with Gasteiger partial charge in [-0.05, 0) is 50.2 Å². The van der Waals surface area contributed by atoms with Crippen LogP contribution in [0.3, 0.4) is 0 Å². The molecule has 2 aromatic carbocycles. The molecule has 0 fully saturated rings. The van der Waals surface area contributed by atoms with E-state index in [-0.39, 0.29) is 4.90 Å². The highest BCUT2D eigenvalue weighted by Crippen LogP contribution is 2.15. The Morgan fingerprint density at radius 2 is 1.72 bits per heavy atom. The maximum Gasteiger partial charge on any atom is 0.240 e. The van der Waals surface area contributed by atoms with E-state index < -0.39 is 16.1 Å². The average molecular weight is 362 g/mol. The molecular weight excluding hydrogens is 336 g/mol. The molecule has 5 nitrogen and oxygen atoms in total. The van der Waals surface area contributed by atoms with Crippen LogP contribution in [0, 0.1) is 0 Å². The van der Waals surface area contributed by atoms with Gasteiger partial charge >= 0.3 is 0 Å². The van der Waals surface area contributed by atoms with Crippen LogP contribution in [-0.2, 0) is 16.6 Å². The van der Waals surface area contributed by atoms with Gasteiger partial charge in [0.2, 0.25) is 10.0 Å². The molecule has 0 aliphatic carbocycles. The summed E-state index contributed by atoms with van der Waals surface area (Å²) in [5, 5.41) is 9.48. The fourth-order valence-electron chi connectivity index (χ4n) is 2.54. The highest BCUT2D eigenvalue weighted by Gasteiger charge is 2.13. The standard InChI is InChI=1S/C19H26N2O3S/c1-16(22)18-9-11-19(12-10-18)25(23,24)20-13-6-14-21(2)15-17-7-4-3-5-8-17/h3-5,7-12,16,20,22H,6,13-15H2,1-2H3. The predicted molar refractivity (Wildman–Crippen MR) is 99.7 cm³/mol. The number of aliphatic hydroxyl groups excluding tert-OH is 1. The lowest BCUT2D eigenvalue weighted by molar-refractivity contribution is 0.199. The molecule has 0 aliphatic rings. The van der Waals surface area contributed by atoms with Gasteiger partial charge in [-0.1, -0.05) is 42.5 Å². The Hall–Kier alpha value is -1.73. The number of hydrogen-bond donors (Lipinski definition) is 2. The highest BCUT2D eigenvalue weighted by molar-refractivity contribution is 7.89. The second kappa shape index (κ2) is 9.10. The van der Waals surface area contributed by atoms with Crippen LogP contribution >= 0.6 is 0 Å². The Bertz CT molecular complexity index is 744. The molecule has 2 N–H and O–H groups in total. The average Bonchev–Trinajstić information content (AvgIpc) is 2.60. The Kier molecular flexibility index (Phi) is 7.13. The van der Waals surface area contributed by atoms with Crippen molar-refractivity contribution in [1.29, 1.82) is 0 Å². The third-order valence-corrected chi connectivity index (χ3v) is 5.45. The molecule has 0 saturated heterocycles. The number of hydrogen-bond acceptors (Lipinski definition) is 4. The minimum atomic E-state index is -3.51. The smallest absolute Gasteiger partial charge is 0.240 e. The second-order valence-electron chi connectivity index (χ2n) is 6.22. The minimum absolute atomic E-state index is 0.217. The summed E-state index contributed by atoms with van der Waals surface area (Å²) in [5.74, 6) is 0. The quantitative estimate of drug-likeness (QED) is 0.673. The summed E-state index contributed by atoms with van der Waals surface area (Å²) in [6, 6.07) is 16.5. The van der Waals surface area contributed by atoms with Crippen LogP contribution in [0.25, 0.3) is 0 Å². The third kappa shape index (κ3) is 6.25. The lowest BCUT2D eigenvalue weighted by Gasteiger charge is -2.16. The molecule has 0 bridgehead atoms. The SMILES string of the molecule is CC(O)c1ccc(S(=O)(=O)NCCCN(C)Cc2ccccc2)cc1. The maximum atomic E-state index is 12.3. The van der Waals surface area contributed by atoms with E-state index >= 15 is 0 Å². The predicted octanol–water partition coefficient (Wildman–Crippen LogP) is 2.54. The molecule has 1 atom stereocenters. The van der Waals surface area contributed by atoms with Crippen molar-refractivity contribution < 1.29 is 13.5 Å². The van der Waals surface area contributed by atoms with E-state index in [1.165, 1.54) is 17.7 Å². The van der Waals surface area contributed by atoms with Gasteiger partial charge in [-0.25, -0.2) is 13.1 Å². The molecule has 6 heteroatoms. The number of nitrogens with zero attached hydrogens (tertiary/aromatic N) is 1. The largest absolute Gasteiger partial charge is 0.389 e. The van der Waals surface area contributed by atoms with Gasteiger partial charge in [-0.3, -0.25) is 0 Å². The van der Waals surface area contributed by atoms with Crippen LogP contribution in [-0.4, -0.2) is 38.6 Å². The summed E-state index contributed by atoms with van der Waals surface area (Å²) in [6.07, 6.45) is 0.124. The molecule has 2 rings (SSSR count). The molecule has 0 aromatic heterocycles. The van der Waals surface area contributed by atoms with Gasteiger partial charge in [0.05, 0.1) is 11.0 Å². The van der Waals surface area contributed by atoms with Gasteiger partial charge in [-0.15, -0.1) is 0 Å². The summed E-state index contributed by atoms with van der Waals surface area (Å²) in [5.41, 5.74) is 1.94. The Balaban J connectivity index is 1.78. The van der Waals surface area contributed by atoms with Crippen LogP contribution in [0.4, 0.5) is 0 Å². The van der Waals surface area contributed by atoms with Gasteiger partial charge in [0.1, 0.15) is 0 Å². The van der Waals surface area contributed by atoms with E-state index in [1.54, 1.807) is 19.1 Å². The molecule has 0 heterocycles. The highest BCUT2D eigenvalue weighted by atomic mass is 32.2. The van der Waals surface area contributed by atoms with E-state index in [0.717, 1.165) is 19.5 Å². The zero-order valence-corrected chi connectivity index (χ0v) is 15.5. The molecule has 0 spiro atoms. The van der Waals surface area contributed by atoms with Crippen LogP contribution < -0.4 is 4.72 Å². The summed E-state index contributed by atoms with van der Waals surface area (Å²) in [4.78, 5) is 2.38. The molecule has 0 radical (unpaired) electrons. The van der Waals surface area contributed by atoms with Gasteiger partial charge in [0.25, 0.3) is 0 Å². The lowest BCUT2D eigenvalue weighted by Crippen LogP contribution is -2.28. The van der Waals surface area contributed by atoms with E-state index in [9.17, 15) is 13.5 Å². The molecule has 25 heavy (non-hydrogen) atoms. The molecule has 2 aromatic rings. The van der Waals surface area contributed by atoms with Crippen molar-refractivity contribution in [2.45, 2.75) is 30.9 Å². The molecular formula is C19H26N2O3S. The van der Waals surface area contributed by atoms with E-state index in [0.29, 0.717) is 12.1 Å². The Morgan fingerprint density at radius 3 is 2.32 bits per heavy atom. The van der Waals surface area contributed by atoms with Gasteiger partial charge in [0.15, 0.2) is 0 Å². The first kappa shape index (κ1) is 19.6. The van der Waals surface area contributed by atoms with E-state index in [2.05, 4.69) is 21.8 Å². The van der Waals surface area contributed by atoms with Crippen molar-refractivity contribution >= 4 is 10.0 Å². The fraction of sp³-hybridized carbons (Fsp3) is 0.368. The second-order valence-corrected chi connectivity index (χ2v) is 7.99. The molecule has 0 saturated carbocycles. The number of sulfonamides is 1. The van der Waals surface area contributed by atoms with Gasteiger partial charge in [0, 0.05) is 13.1 Å². The number of aliphatic hydroxyl groups is 1. The first-order chi connectivity index (χ1) is 11.9. The van der Waals surface area contributed by atoms with E-state index in [4.69, 9.17) is 0 Å². The first-order valence-corrected chi connectivity index (χ1v) is 9.87. The number of rotatable bonds is 9. The fourth-order valence-corrected chi connectivity index (χ4v) is 3.61. The Morgan fingerprint density at radius 1 is 1.08 bits per heavy atom. The van der Waals surface area contributed by atoms with Gasteiger partial charge in [-0.2, -0.15) is 0 Å². The molecule has 0 amide bonds. The van der Waals surface area contributed by atoms with Crippen molar-refractivity contribution in [3.05, 3.63) is 65.7 Å². The lowest BCUT2D eigenvalue weighted by atomic mass is 10.1. The third-order valence-electron chi connectivity index (χ3n) is 3.98. The van der Waals surface area contributed by atoms with Crippen molar-refractivity contribution in [1.82, 2.24) is 9.62 Å². The first-order valence-electron chi connectivity index (χ1n) is 8.38. The topological polar surface area (TPSA) is 69.6 Å². The summed E-state index contributed by atoms with van der Waals surface area (Å²) in [6.45, 7) is 3.68. The number of benzene rings is 2. The summed E-state index contributed by atoms with van der Waals surface area (Å²) < 4.78 is 27.1. The van der Waals surface area contributed by atoms with Crippen molar-refractivity contribution in [3.63, 3.8) is 0 Å². The van der Waals surface area contributed by atoms with Gasteiger partial charge < -0.3 is 10.0 Å². The zero-order chi connectivity index (χ0) is 18.3. The summed E-state index contributed by atoms with van der Waals surface area (Å²) in [7, 11) is -1.49. The zero-order valence-electron chi connectivity index (χ0n) is 14.7. The Labute approximate surface area is 150 Å². The number of nitrogens with one attached hydrogen (secondary N) is 1. The normalized spacial score (nSPS) is 13.1. The monoisotopic (exact) mass is 362 g/mol. The van der Waals surface area contributed by atoms with Crippen molar-refractivity contribution in [2.24, 2.45) is 0 Å². The van der Waals surface area contributed by atoms with Crippen LogP contribution in [0.1, 0.15) is 30.6 Å². The summed E-state index contributed by atoms with van der Waals surface area (Å²) >= 11 is 0. The van der Waals surface area contributed by atoms with Crippen molar-refractivity contribution in [3.8, 4) is 0 Å². The molecule has 1 unspecified atom stereocenters. The minimum Gasteiger partial charge on any atom is -0.389 e. The maximum absolute atomic E-state index is 12.3. The molecule has 0 aliphatic heterocycles. The van der Waals surface area contributed by atoms with Crippen molar-refractivity contribution in [2.75, 3.05) is 20.1 Å². The van der Waals surface area contributed by atoms with Crippen LogP contribution in [0.2, 0.25) is 0 Å². The van der Waals surface area contributed by atoms with Crippen LogP contribution in [0.15, 0.2) is 59.5 Å². The van der Waals surface area contributed by atoms with Crippen LogP contribution in [0.5, 0.6) is 0 Å². The molecule has 136 valence electrons. The van der Waals surface area contributed by atoms with E-state index in [1.807, 2.05) is 25.2 Å².